The van der Waals surface area contributed by atoms with Crippen molar-refractivity contribution in [1.29, 1.82) is 0 Å². The zero-order valence-electron chi connectivity index (χ0n) is 7.24. The van der Waals surface area contributed by atoms with Crippen LogP contribution in [0, 0.1) is 22.9 Å². The first-order chi connectivity index (χ1) is 6.61. The lowest BCUT2D eigenvalue weighted by Gasteiger charge is -1.97. The predicted octanol–water partition coefficient (Wildman–Crippen LogP) is 1.92. The van der Waals surface area contributed by atoms with Gasteiger partial charge in [-0.25, -0.2) is 9.37 Å². The summed E-state index contributed by atoms with van der Waals surface area (Å²) in [4.78, 5) is 16.3. The number of rotatable bonds is 1. The molecule has 0 amide bonds. The molecule has 0 aliphatic carbocycles. The number of aryl methyl sites for hydroxylation is 1. The van der Waals surface area contributed by atoms with Crippen LogP contribution in [0.4, 0.5) is 10.1 Å². The molecule has 0 saturated carbocycles. The van der Waals surface area contributed by atoms with Crippen molar-refractivity contribution < 1.29 is 9.31 Å². The lowest BCUT2D eigenvalue weighted by Crippen LogP contribution is -1.94. The molecule has 0 fully saturated rings. The van der Waals surface area contributed by atoms with E-state index in [1.54, 1.807) is 0 Å². The maximum absolute atomic E-state index is 13.2. The summed E-state index contributed by atoms with van der Waals surface area (Å²) in [5.74, 6) is -0.520. The second-order valence-corrected chi connectivity index (χ2v) is 2.89. The van der Waals surface area contributed by atoms with Crippen LogP contribution in [-0.4, -0.2) is 14.9 Å². The smallest absolute Gasteiger partial charge is 0.291 e. The molecule has 0 aliphatic heterocycles. The van der Waals surface area contributed by atoms with Gasteiger partial charge in [0.05, 0.1) is 10.3 Å². The first-order valence-electron chi connectivity index (χ1n) is 3.88. The van der Waals surface area contributed by atoms with Gasteiger partial charge in [0.1, 0.15) is 11.8 Å². The fourth-order valence-corrected chi connectivity index (χ4v) is 1.38. The van der Waals surface area contributed by atoms with E-state index in [1.165, 1.54) is 6.92 Å². The quantitative estimate of drug-likeness (QED) is 0.558. The van der Waals surface area contributed by atoms with E-state index >= 15 is 0 Å². The van der Waals surface area contributed by atoms with Crippen LogP contribution in [-0.2, 0) is 0 Å². The molecule has 2 aromatic rings. The van der Waals surface area contributed by atoms with Crippen molar-refractivity contribution >= 4 is 16.7 Å². The van der Waals surface area contributed by atoms with Gasteiger partial charge < -0.3 is 4.98 Å². The van der Waals surface area contributed by atoms with Gasteiger partial charge in [0.15, 0.2) is 5.82 Å². The molecule has 72 valence electrons. The SMILES string of the molecule is Cc1c([N+](=O)[O-])cnc2[nH]cc(F)c12. The van der Waals surface area contributed by atoms with Crippen LogP contribution in [0.15, 0.2) is 12.4 Å². The van der Waals surface area contributed by atoms with Crippen LogP contribution >= 0.6 is 0 Å². The fraction of sp³-hybridized carbons (Fsp3) is 0.125. The molecule has 2 aromatic heterocycles. The van der Waals surface area contributed by atoms with E-state index in [2.05, 4.69) is 9.97 Å². The Labute approximate surface area is 77.7 Å². The summed E-state index contributed by atoms with van der Waals surface area (Å²) >= 11 is 0. The van der Waals surface area contributed by atoms with Gasteiger partial charge in [0.25, 0.3) is 5.69 Å². The molecule has 0 saturated heterocycles. The average Bonchev–Trinajstić information content (AvgIpc) is 2.48. The number of hydrogen-bond donors (Lipinski definition) is 1. The number of halogens is 1. The maximum atomic E-state index is 13.2. The van der Waals surface area contributed by atoms with E-state index in [-0.39, 0.29) is 11.1 Å². The van der Waals surface area contributed by atoms with Gasteiger partial charge in [-0.3, -0.25) is 10.1 Å². The molecule has 0 aromatic carbocycles. The standard InChI is InChI=1S/C8H6FN3O2/c1-4-6(12(13)14)3-11-8-7(4)5(9)2-10-8/h2-3H,1H3,(H,10,11). The molecule has 0 aliphatic rings. The molecule has 0 radical (unpaired) electrons. The topological polar surface area (TPSA) is 71.8 Å². The van der Waals surface area contributed by atoms with Crippen molar-refractivity contribution in [3.8, 4) is 0 Å². The van der Waals surface area contributed by atoms with Gasteiger partial charge in [-0.2, -0.15) is 0 Å². The second kappa shape index (κ2) is 2.76. The normalized spacial score (nSPS) is 10.7. The highest BCUT2D eigenvalue weighted by Gasteiger charge is 2.17. The number of nitrogens with zero attached hydrogens (tertiary/aromatic N) is 2. The number of fused-ring (bicyclic) bond motifs is 1. The average molecular weight is 195 g/mol. The summed E-state index contributed by atoms with van der Waals surface area (Å²) in [7, 11) is 0. The highest BCUT2D eigenvalue weighted by molar-refractivity contribution is 5.83. The van der Waals surface area contributed by atoms with E-state index < -0.39 is 10.7 Å². The number of nitrogens with one attached hydrogen (secondary N) is 1. The molecular formula is C8H6FN3O2. The number of nitro groups is 1. The van der Waals surface area contributed by atoms with E-state index in [0.717, 1.165) is 12.4 Å². The molecule has 0 atom stereocenters. The minimum Gasteiger partial charge on any atom is -0.343 e. The lowest BCUT2D eigenvalue weighted by molar-refractivity contribution is -0.385. The molecule has 1 N–H and O–H groups in total. The Bertz CT molecular complexity index is 521. The van der Waals surface area contributed by atoms with Crippen molar-refractivity contribution in [2.24, 2.45) is 0 Å². The van der Waals surface area contributed by atoms with Gasteiger partial charge in [0, 0.05) is 11.8 Å². The highest BCUT2D eigenvalue weighted by Crippen LogP contribution is 2.26. The molecule has 14 heavy (non-hydrogen) atoms. The minimum absolute atomic E-state index is 0.170. The minimum atomic E-state index is -0.575. The van der Waals surface area contributed by atoms with Gasteiger partial charge in [-0.15, -0.1) is 0 Å². The summed E-state index contributed by atoms with van der Waals surface area (Å²) in [5.41, 5.74) is 0.445. The first-order valence-corrected chi connectivity index (χ1v) is 3.88. The van der Waals surface area contributed by atoms with Crippen LogP contribution in [0.3, 0.4) is 0 Å². The Balaban J connectivity index is 2.86. The number of pyridine rings is 1. The van der Waals surface area contributed by atoms with E-state index in [9.17, 15) is 14.5 Å². The summed E-state index contributed by atoms with van der Waals surface area (Å²) in [6, 6.07) is 0. The summed E-state index contributed by atoms with van der Waals surface area (Å²) in [5, 5.41) is 10.7. The van der Waals surface area contributed by atoms with E-state index in [0.29, 0.717) is 11.2 Å². The van der Waals surface area contributed by atoms with Crippen LogP contribution in [0.5, 0.6) is 0 Å². The Morgan fingerprint density at radius 3 is 3.00 bits per heavy atom. The molecule has 0 bridgehead atoms. The van der Waals surface area contributed by atoms with Crippen LogP contribution < -0.4 is 0 Å². The van der Waals surface area contributed by atoms with Crippen LogP contribution in [0.1, 0.15) is 5.56 Å². The molecule has 5 nitrogen and oxygen atoms in total. The highest BCUT2D eigenvalue weighted by atomic mass is 19.1. The number of aromatic amines is 1. The molecule has 2 heterocycles. The predicted molar refractivity (Wildman–Crippen MR) is 47.4 cm³/mol. The van der Waals surface area contributed by atoms with Crippen molar-refractivity contribution in [3.63, 3.8) is 0 Å². The lowest BCUT2D eigenvalue weighted by atomic mass is 10.2. The van der Waals surface area contributed by atoms with Crippen molar-refractivity contribution in [1.82, 2.24) is 9.97 Å². The van der Waals surface area contributed by atoms with E-state index in [1.807, 2.05) is 0 Å². The Hall–Kier alpha value is -1.98. The molecule has 2 rings (SSSR count). The maximum Gasteiger partial charge on any atom is 0.291 e. The third-order valence-corrected chi connectivity index (χ3v) is 2.08. The summed E-state index contributed by atoms with van der Waals surface area (Å²) < 4.78 is 13.2. The van der Waals surface area contributed by atoms with Crippen molar-refractivity contribution in [2.75, 3.05) is 0 Å². The number of aromatic nitrogens is 2. The van der Waals surface area contributed by atoms with Crippen molar-refractivity contribution in [2.45, 2.75) is 6.92 Å². The third-order valence-electron chi connectivity index (χ3n) is 2.08. The zero-order chi connectivity index (χ0) is 10.3. The molecule has 6 heteroatoms. The fourth-order valence-electron chi connectivity index (χ4n) is 1.38. The monoisotopic (exact) mass is 195 g/mol. The van der Waals surface area contributed by atoms with Crippen LogP contribution in [0.2, 0.25) is 0 Å². The zero-order valence-corrected chi connectivity index (χ0v) is 7.24. The Morgan fingerprint density at radius 1 is 1.64 bits per heavy atom. The second-order valence-electron chi connectivity index (χ2n) is 2.89. The van der Waals surface area contributed by atoms with Crippen LogP contribution in [0.25, 0.3) is 11.0 Å². The summed E-state index contributed by atoms with van der Waals surface area (Å²) in [6.45, 7) is 1.50. The Morgan fingerprint density at radius 2 is 2.36 bits per heavy atom. The first kappa shape index (κ1) is 8.61. The van der Waals surface area contributed by atoms with Gasteiger partial charge in [0.2, 0.25) is 0 Å². The molecule has 0 spiro atoms. The van der Waals surface area contributed by atoms with Gasteiger partial charge in [-0.05, 0) is 6.92 Å². The summed E-state index contributed by atoms with van der Waals surface area (Å²) in [6.07, 6.45) is 2.25. The number of hydrogen-bond acceptors (Lipinski definition) is 3. The Kier molecular flexibility index (Phi) is 1.70. The van der Waals surface area contributed by atoms with Crippen molar-refractivity contribution in [3.05, 3.63) is 33.9 Å². The largest absolute Gasteiger partial charge is 0.343 e. The molecular weight excluding hydrogens is 189 g/mol. The van der Waals surface area contributed by atoms with Gasteiger partial charge in [-0.1, -0.05) is 0 Å². The molecule has 0 unspecified atom stereocenters. The third kappa shape index (κ3) is 1.04. The van der Waals surface area contributed by atoms with Gasteiger partial charge >= 0.3 is 0 Å². The van der Waals surface area contributed by atoms with E-state index in [4.69, 9.17) is 0 Å². The number of H-pyrrole nitrogens is 1.